The van der Waals surface area contributed by atoms with Crippen molar-refractivity contribution in [2.45, 2.75) is 121 Å². The van der Waals surface area contributed by atoms with Gasteiger partial charge < -0.3 is 54.5 Å². The maximum absolute atomic E-state index is 13.9. The first-order valence-electron chi connectivity index (χ1n) is 17.1. The topological polar surface area (TPSA) is 177 Å². The number of likely N-dealkylation sites (N-methyl/N-ethyl adjacent to an activating group) is 3. The molecule has 0 saturated carbocycles. The van der Waals surface area contributed by atoms with Crippen LogP contribution in [-0.4, -0.2) is 152 Å². The van der Waals surface area contributed by atoms with Crippen molar-refractivity contribution in [3.05, 3.63) is 0 Å². The first kappa shape index (κ1) is 41.4. The Hall–Kier alpha value is -2.05. The van der Waals surface area contributed by atoms with Crippen molar-refractivity contribution in [2.75, 3.05) is 54.9 Å². The van der Waals surface area contributed by atoms with Crippen LogP contribution in [0.3, 0.4) is 0 Å². The van der Waals surface area contributed by atoms with E-state index in [0.29, 0.717) is 37.6 Å². The second-order valence-electron chi connectivity index (χ2n) is 14.4. The fourth-order valence-corrected chi connectivity index (χ4v) is 8.01. The highest BCUT2D eigenvalue weighted by atomic mass is 32.2. The molecule has 2 amide bonds. The largest absolute Gasteiger partial charge is 0.450 e. The number of aliphatic hydroxyl groups is 1. The molecule has 0 spiro atoms. The van der Waals surface area contributed by atoms with Crippen molar-refractivity contribution < 1.29 is 48.0 Å². The number of nitrogens with zero attached hydrogens (tertiary/aromatic N) is 2. The van der Waals surface area contributed by atoms with E-state index in [4.69, 9.17) is 23.7 Å². The molecule has 16 heteroatoms. The standard InChI is InChI=1S/C33H59N5O10S/c1-12-23-33(6)26(36-30(42)48-33)20(4)35-15-18(2)14-32(5,44-11)27(19(3)28(41)49-31(43)46-23)47-29-25(40)22(37(8)9)13-21(45-29)17-38(10)24(39)16-34-7/h18-23,25-27,29,34-35,40H,12-17H2,1-11H3,(H,36,42)/t18-,19-,20-,21+,22?,23-,25-,26-,27-,29+,32-,33-/m1/s1. The third kappa shape index (κ3) is 9.84. The molecular weight excluding hydrogens is 658 g/mol. The van der Waals surface area contributed by atoms with E-state index in [9.17, 15) is 24.3 Å². The lowest BCUT2D eigenvalue weighted by molar-refractivity contribution is -0.297. The smallest absolute Gasteiger partial charge is 0.408 e. The molecule has 0 aromatic rings. The van der Waals surface area contributed by atoms with E-state index in [1.807, 2.05) is 46.7 Å². The summed E-state index contributed by atoms with van der Waals surface area (Å²) in [6.07, 6.45) is -3.93. The highest BCUT2D eigenvalue weighted by molar-refractivity contribution is 8.25. The Labute approximate surface area is 295 Å². The van der Waals surface area contributed by atoms with Crippen LogP contribution in [0.5, 0.6) is 0 Å². The predicted molar refractivity (Wildman–Crippen MR) is 184 cm³/mol. The lowest BCUT2D eigenvalue weighted by atomic mass is 9.82. The molecule has 3 aliphatic heterocycles. The minimum atomic E-state index is -1.18. The zero-order valence-electron chi connectivity index (χ0n) is 30.9. The zero-order chi connectivity index (χ0) is 36.8. The van der Waals surface area contributed by atoms with Crippen LogP contribution in [0.15, 0.2) is 0 Å². The van der Waals surface area contributed by atoms with Gasteiger partial charge in [0.25, 0.3) is 0 Å². The highest BCUT2D eigenvalue weighted by Crippen LogP contribution is 2.38. The summed E-state index contributed by atoms with van der Waals surface area (Å²) in [6.45, 7) is 12.0. The average Bonchev–Trinajstić information content (AvgIpc) is 3.35. The molecule has 3 saturated heterocycles. The van der Waals surface area contributed by atoms with Crippen molar-refractivity contribution in [1.29, 1.82) is 0 Å². The van der Waals surface area contributed by atoms with Gasteiger partial charge in [-0.2, -0.15) is 0 Å². The van der Waals surface area contributed by atoms with Gasteiger partial charge in [-0.15, -0.1) is 0 Å². The SMILES string of the molecule is CC[C@H]1OC(=O)SC(=O)[C@H](C)[C@@H](O[C@@H]2O[C@H](CN(C)C(=O)CNC)CC(N(C)C)[C@H]2O)[C@](C)(OC)C[C@@H](C)CN[C@H](C)[C@H]2NC(=O)O[C@@]21C. The maximum atomic E-state index is 13.9. The van der Waals surface area contributed by atoms with Crippen molar-refractivity contribution >= 4 is 34.2 Å². The van der Waals surface area contributed by atoms with Crippen molar-refractivity contribution in [2.24, 2.45) is 11.8 Å². The molecule has 3 heterocycles. The first-order valence-corrected chi connectivity index (χ1v) is 18.0. The molecule has 15 nitrogen and oxygen atoms in total. The van der Waals surface area contributed by atoms with E-state index >= 15 is 0 Å². The summed E-state index contributed by atoms with van der Waals surface area (Å²) < 4.78 is 30.6. The molecule has 282 valence electrons. The van der Waals surface area contributed by atoms with Crippen LogP contribution in [0, 0.1) is 11.8 Å². The Kier molecular flexibility index (Phi) is 14.7. The minimum absolute atomic E-state index is 0.0194. The molecule has 0 bridgehead atoms. The summed E-state index contributed by atoms with van der Waals surface area (Å²) in [5.74, 6) is -1.05. The van der Waals surface area contributed by atoms with Gasteiger partial charge in [0.2, 0.25) is 11.0 Å². The number of rotatable bonds is 9. The Balaban J connectivity index is 1.97. The fourth-order valence-electron chi connectivity index (χ4n) is 7.37. The van der Waals surface area contributed by atoms with Gasteiger partial charge in [-0.05, 0) is 73.6 Å². The van der Waals surface area contributed by atoms with Crippen molar-refractivity contribution in [1.82, 2.24) is 25.8 Å². The number of fused-ring (bicyclic) bond motifs is 1. The Morgan fingerprint density at radius 2 is 1.84 bits per heavy atom. The number of carbonyl (C=O) groups is 4. The molecule has 12 atom stereocenters. The average molecular weight is 718 g/mol. The summed E-state index contributed by atoms with van der Waals surface area (Å²) in [6, 6.07) is -1.16. The second kappa shape index (κ2) is 17.4. The number of hydrogen-bond donors (Lipinski definition) is 4. The molecule has 3 fully saturated rings. The molecule has 49 heavy (non-hydrogen) atoms. The summed E-state index contributed by atoms with van der Waals surface area (Å²) in [5.41, 5.74) is -2.27. The number of methoxy groups -OCH3 is 1. The third-order valence-electron chi connectivity index (χ3n) is 10.3. The van der Waals surface area contributed by atoms with Gasteiger partial charge in [-0.3, -0.25) is 9.59 Å². The number of thioether (sulfide) groups is 1. The van der Waals surface area contributed by atoms with Gasteiger partial charge >= 0.3 is 11.4 Å². The van der Waals surface area contributed by atoms with Crippen LogP contribution in [0.2, 0.25) is 0 Å². The molecule has 3 aliphatic rings. The third-order valence-corrected chi connectivity index (χ3v) is 11.1. The lowest BCUT2D eigenvalue weighted by Crippen LogP contribution is -2.60. The zero-order valence-corrected chi connectivity index (χ0v) is 31.8. The van der Waals surface area contributed by atoms with Crippen LogP contribution >= 0.6 is 11.8 Å². The molecule has 0 radical (unpaired) electrons. The summed E-state index contributed by atoms with van der Waals surface area (Å²) in [4.78, 5) is 55.6. The Morgan fingerprint density at radius 1 is 1.16 bits per heavy atom. The van der Waals surface area contributed by atoms with Crippen LogP contribution < -0.4 is 16.0 Å². The summed E-state index contributed by atoms with van der Waals surface area (Å²) >= 11 is 0.420. The highest BCUT2D eigenvalue weighted by Gasteiger charge is 2.55. The van der Waals surface area contributed by atoms with Crippen molar-refractivity contribution in [3.63, 3.8) is 0 Å². The molecular formula is C33H59N5O10S. The van der Waals surface area contributed by atoms with Crippen LogP contribution in [0.25, 0.3) is 0 Å². The number of aliphatic hydroxyl groups excluding tert-OH is 1. The van der Waals surface area contributed by atoms with E-state index in [2.05, 4.69) is 16.0 Å². The predicted octanol–water partition coefficient (Wildman–Crippen LogP) is 1.56. The van der Waals surface area contributed by atoms with Gasteiger partial charge in [0.1, 0.15) is 12.2 Å². The van der Waals surface area contributed by atoms with E-state index in [-0.39, 0.29) is 37.0 Å². The minimum Gasteiger partial charge on any atom is -0.450 e. The number of carbonyl (C=O) groups excluding carboxylic acids is 4. The normalized spacial score (nSPS) is 39.7. The quantitative estimate of drug-likeness (QED) is 0.253. The Morgan fingerprint density at radius 3 is 2.43 bits per heavy atom. The Bertz CT molecular complexity index is 1170. The number of amides is 2. The van der Waals surface area contributed by atoms with E-state index < -0.39 is 70.4 Å². The molecule has 0 aromatic heterocycles. The van der Waals surface area contributed by atoms with Gasteiger partial charge in [0.15, 0.2) is 11.9 Å². The lowest BCUT2D eigenvalue weighted by Gasteiger charge is -2.47. The number of nitrogens with one attached hydrogen (secondary N) is 3. The van der Waals surface area contributed by atoms with Gasteiger partial charge in [-0.1, -0.05) is 20.8 Å². The molecule has 3 rings (SSSR count). The first-order chi connectivity index (χ1) is 22.9. The van der Waals surface area contributed by atoms with Gasteiger partial charge in [-0.25, -0.2) is 9.59 Å². The van der Waals surface area contributed by atoms with Crippen molar-refractivity contribution in [3.8, 4) is 0 Å². The molecule has 0 aromatic carbocycles. The number of ether oxygens (including phenoxy) is 5. The van der Waals surface area contributed by atoms with E-state index in [0.717, 1.165) is 0 Å². The van der Waals surface area contributed by atoms with E-state index in [1.54, 1.807) is 40.0 Å². The second-order valence-corrected chi connectivity index (χ2v) is 15.4. The van der Waals surface area contributed by atoms with Gasteiger partial charge in [0.05, 0.1) is 36.3 Å². The summed E-state index contributed by atoms with van der Waals surface area (Å²) in [7, 11) is 8.64. The van der Waals surface area contributed by atoms with Gasteiger partial charge in [0, 0.05) is 44.5 Å². The van der Waals surface area contributed by atoms with Crippen LogP contribution in [0.4, 0.5) is 9.59 Å². The fraction of sp³-hybridized carbons (Fsp3) is 0.879. The summed E-state index contributed by atoms with van der Waals surface area (Å²) in [5, 5.41) is 19.4. The molecule has 4 N–H and O–H groups in total. The van der Waals surface area contributed by atoms with Crippen LogP contribution in [0.1, 0.15) is 60.8 Å². The number of cyclic esters (lactones) is 1. The molecule has 0 aliphatic carbocycles. The monoisotopic (exact) mass is 717 g/mol. The maximum Gasteiger partial charge on any atom is 0.408 e. The van der Waals surface area contributed by atoms with Crippen LogP contribution in [-0.2, 0) is 33.3 Å². The number of hydrogen-bond acceptors (Lipinski definition) is 14. The molecule has 1 unspecified atom stereocenters. The number of alkyl carbamates (subject to hydrolysis) is 1. The van der Waals surface area contributed by atoms with E-state index in [1.165, 1.54) is 0 Å².